The Labute approximate surface area is 249 Å². The van der Waals surface area contributed by atoms with Crippen LogP contribution in [0, 0.1) is 0 Å². The third-order valence-electron chi connectivity index (χ3n) is 6.53. The third kappa shape index (κ3) is 9.25. The van der Waals surface area contributed by atoms with Gasteiger partial charge in [0.2, 0.25) is 0 Å². The number of anilines is 2. The van der Waals surface area contributed by atoms with E-state index in [4.69, 9.17) is 0 Å². The fraction of sp³-hybridized carbons (Fsp3) is 0.188. The normalized spacial score (nSPS) is 11.5. The molecular weight excluding hydrogens is 586 g/mol. The molecule has 12 heteroatoms. The van der Waals surface area contributed by atoms with E-state index in [2.05, 4.69) is 10.6 Å². The van der Waals surface area contributed by atoms with Crippen LogP contribution in [0.3, 0.4) is 0 Å². The first kappa shape index (κ1) is 31.9. The molecule has 0 unspecified atom stereocenters. The number of carbonyl (C=O) groups is 2. The Morgan fingerprint density at radius 1 is 0.523 bits per heavy atom. The monoisotopic (exact) mass is 614 g/mol. The number of nitrogens with one attached hydrogen (secondary N) is 2. The molecule has 0 aliphatic heterocycles. The standard InChI is InChI=1S/C32H28F6N4O2/c33-31(34,35)25-13-7-15-27(19-25)39-29(43)41(21-23-9-3-1-4-10-23)17-18-42(22-24-11-5-2-6-12-24)30(44)40-28-16-8-14-26(20-28)32(36,37)38/h1-16,19-20H,17-18,21-22H2,(H,39,43)(H,40,44). The molecule has 0 aromatic heterocycles. The smallest absolute Gasteiger partial charge is 0.318 e. The van der Waals surface area contributed by atoms with Crippen LogP contribution >= 0.6 is 0 Å². The van der Waals surface area contributed by atoms with Crippen LogP contribution in [0.4, 0.5) is 47.3 Å². The minimum absolute atomic E-state index is 0.0530. The second-order valence-corrected chi connectivity index (χ2v) is 9.83. The highest BCUT2D eigenvalue weighted by atomic mass is 19.4. The number of rotatable bonds is 9. The lowest BCUT2D eigenvalue weighted by Gasteiger charge is -2.29. The predicted octanol–water partition coefficient (Wildman–Crippen LogP) is 8.49. The summed E-state index contributed by atoms with van der Waals surface area (Å²) in [7, 11) is 0. The molecule has 6 nitrogen and oxygen atoms in total. The summed E-state index contributed by atoms with van der Waals surface area (Å²) in [4.78, 5) is 29.4. The lowest BCUT2D eigenvalue weighted by molar-refractivity contribution is -0.138. The highest BCUT2D eigenvalue weighted by molar-refractivity contribution is 5.90. The van der Waals surface area contributed by atoms with Crippen LogP contribution in [0.5, 0.6) is 0 Å². The number of hydrogen-bond acceptors (Lipinski definition) is 2. The van der Waals surface area contributed by atoms with Crippen LogP contribution in [-0.2, 0) is 25.4 Å². The van der Waals surface area contributed by atoms with Crippen molar-refractivity contribution in [1.29, 1.82) is 0 Å². The average Bonchev–Trinajstić information content (AvgIpc) is 2.99. The van der Waals surface area contributed by atoms with Gasteiger partial charge in [-0.3, -0.25) is 0 Å². The van der Waals surface area contributed by atoms with E-state index < -0.39 is 35.5 Å². The molecule has 4 aromatic rings. The molecule has 0 aliphatic rings. The maximum absolute atomic E-state index is 13.3. The van der Waals surface area contributed by atoms with Gasteiger partial charge in [0.1, 0.15) is 0 Å². The minimum atomic E-state index is -4.60. The zero-order valence-corrected chi connectivity index (χ0v) is 23.2. The molecule has 0 heterocycles. The van der Waals surface area contributed by atoms with E-state index in [-0.39, 0.29) is 37.6 Å². The van der Waals surface area contributed by atoms with Gasteiger partial charge < -0.3 is 20.4 Å². The molecule has 0 spiro atoms. The van der Waals surface area contributed by atoms with Gasteiger partial charge >= 0.3 is 24.4 Å². The average molecular weight is 615 g/mol. The molecule has 230 valence electrons. The third-order valence-corrected chi connectivity index (χ3v) is 6.53. The fourth-order valence-electron chi connectivity index (χ4n) is 4.31. The van der Waals surface area contributed by atoms with Gasteiger partial charge in [0, 0.05) is 37.6 Å². The molecule has 0 bridgehead atoms. The summed E-state index contributed by atoms with van der Waals surface area (Å²) < 4.78 is 79.4. The Bertz CT molecular complexity index is 1430. The van der Waals surface area contributed by atoms with E-state index in [1.165, 1.54) is 34.1 Å². The summed E-state index contributed by atoms with van der Waals surface area (Å²) in [5, 5.41) is 5.00. The molecule has 0 atom stereocenters. The van der Waals surface area contributed by atoms with Gasteiger partial charge in [0.15, 0.2) is 0 Å². The predicted molar refractivity (Wildman–Crippen MR) is 155 cm³/mol. The Morgan fingerprint density at radius 3 is 1.23 bits per heavy atom. The topological polar surface area (TPSA) is 64.7 Å². The van der Waals surface area contributed by atoms with E-state index in [0.717, 1.165) is 35.4 Å². The number of urea groups is 2. The SMILES string of the molecule is O=C(Nc1cccc(C(F)(F)F)c1)N(CCN(Cc1ccccc1)C(=O)Nc1cccc(C(F)(F)F)c1)Cc1ccccc1. The zero-order chi connectivity index (χ0) is 31.7. The minimum Gasteiger partial charge on any atom is -0.318 e. The molecule has 0 saturated carbocycles. The van der Waals surface area contributed by atoms with Crippen molar-refractivity contribution in [3.8, 4) is 0 Å². The Kier molecular flexibility index (Phi) is 10.1. The number of alkyl halides is 6. The number of carbonyl (C=O) groups excluding carboxylic acids is 2. The van der Waals surface area contributed by atoms with Crippen LogP contribution in [0.2, 0.25) is 0 Å². The van der Waals surface area contributed by atoms with E-state index in [9.17, 15) is 35.9 Å². The number of nitrogens with zero attached hydrogens (tertiary/aromatic N) is 2. The summed E-state index contributed by atoms with van der Waals surface area (Å²) >= 11 is 0. The van der Waals surface area contributed by atoms with Crippen LogP contribution in [-0.4, -0.2) is 35.0 Å². The van der Waals surface area contributed by atoms with E-state index >= 15 is 0 Å². The molecular formula is C32H28F6N4O2. The van der Waals surface area contributed by atoms with Crippen molar-refractivity contribution in [3.05, 3.63) is 131 Å². The van der Waals surface area contributed by atoms with Crippen molar-refractivity contribution in [2.24, 2.45) is 0 Å². The molecule has 0 saturated heterocycles. The number of benzene rings is 4. The molecule has 4 rings (SSSR count). The Morgan fingerprint density at radius 2 is 0.886 bits per heavy atom. The van der Waals surface area contributed by atoms with Crippen LogP contribution < -0.4 is 10.6 Å². The number of amides is 4. The highest BCUT2D eigenvalue weighted by Crippen LogP contribution is 2.32. The van der Waals surface area contributed by atoms with E-state index in [1.807, 2.05) is 0 Å². The summed E-state index contributed by atoms with van der Waals surface area (Å²) in [6.45, 7) is 0.0329. The quantitative estimate of drug-likeness (QED) is 0.186. The first-order valence-corrected chi connectivity index (χ1v) is 13.4. The lowest BCUT2D eigenvalue weighted by Crippen LogP contribution is -2.43. The van der Waals surface area contributed by atoms with E-state index in [0.29, 0.717) is 0 Å². The first-order valence-electron chi connectivity index (χ1n) is 13.4. The zero-order valence-electron chi connectivity index (χ0n) is 23.2. The van der Waals surface area contributed by atoms with Crippen molar-refractivity contribution in [2.45, 2.75) is 25.4 Å². The number of halogens is 6. The maximum Gasteiger partial charge on any atom is 0.416 e. The van der Waals surface area contributed by atoms with Gasteiger partial charge in [-0.15, -0.1) is 0 Å². The summed E-state index contributed by atoms with van der Waals surface area (Å²) in [5.41, 5.74) is -0.516. The fourth-order valence-corrected chi connectivity index (χ4v) is 4.31. The maximum atomic E-state index is 13.3. The Balaban J connectivity index is 1.55. The summed E-state index contributed by atoms with van der Waals surface area (Å²) in [6.07, 6.45) is -9.20. The van der Waals surface area contributed by atoms with Crippen LogP contribution in [0.15, 0.2) is 109 Å². The Hall–Kier alpha value is -5.00. The van der Waals surface area contributed by atoms with Crippen molar-refractivity contribution in [2.75, 3.05) is 23.7 Å². The van der Waals surface area contributed by atoms with Gasteiger partial charge in [-0.1, -0.05) is 72.8 Å². The molecule has 0 aliphatic carbocycles. The van der Waals surface area contributed by atoms with Crippen molar-refractivity contribution in [1.82, 2.24) is 9.80 Å². The van der Waals surface area contributed by atoms with Gasteiger partial charge in [-0.2, -0.15) is 26.3 Å². The van der Waals surface area contributed by atoms with E-state index in [1.54, 1.807) is 60.7 Å². The van der Waals surface area contributed by atoms with Gasteiger partial charge in [-0.25, -0.2) is 9.59 Å². The largest absolute Gasteiger partial charge is 0.416 e. The first-order chi connectivity index (χ1) is 20.9. The molecule has 0 radical (unpaired) electrons. The molecule has 0 fully saturated rings. The van der Waals surface area contributed by atoms with Crippen LogP contribution in [0.25, 0.3) is 0 Å². The summed E-state index contributed by atoms with van der Waals surface area (Å²) in [6, 6.07) is 24.8. The van der Waals surface area contributed by atoms with Crippen molar-refractivity contribution < 1.29 is 35.9 Å². The second kappa shape index (κ2) is 14.0. The summed E-state index contributed by atoms with van der Waals surface area (Å²) in [5.74, 6) is 0. The highest BCUT2D eigenvalue weighted by Gasteiger charge is 2.31. The van der Waals surface area contributed by atoms with Gasteiger partial charge in [-0.05, 0) is 47.5 Å². The molecule has 2 N–H and O–H groups in total. The second-order valence-electron chi connectivity index (χ2n) is 9.83. The van der Waals surface area contributed by atoms with Crippen LogP contribution in [0.1, 0.15) is 22.3 Å². The number of hydrogen-bond donors (Lipinski definition) is 2. The van der Waals surface area contributed by atoms with Gasteiger partial charge in [0.05, 0.1) is 11.1 Å². The lowest BCUT2D eigenvalue weighted by atomic mass is 10.2. The molecule has 44 heavy (non-hydrogen) atoms. The molecule has 4 amide bonds. The molecule has 4 aromatic carbocycles. The van der Waals surface area contributed by atoms with Crippen molar-refractivity contribution >= 4 is 23.4 Å². The van der Waals surface area contributed by atoms with Crippen molar-refractivity contribution in [3.63, 3.8) is 0 Å². The van der Waals surface area contributed by atoms with Gasteiger partial charge in [0.25, 0.3) is 0 Å².